The minimum atomic E-state index is -4.57. The van der Waals surface area contributed by atoms with Gasteiger partial charge in [-0.3, -0.25) is 9.78 Å². The Hall–Kier alpha value is -2.78. The Morgan fingerprint density at radius 1 is 1.18 bits per heavy atom. The fourth-order valence-corrected chi connectivity index (χ4v) is 3.97. The number of pyridine rings is 1. The fraction of sp³-hybridized carbons (Fsp3) is 0.318. The molecule has 6 nitrogen and oxygen atoms in total. The third-order valence-electron chi connectivity index (χ3n) is 5.33. The summed E-state index contributed by atoms with van der Waals surface area (Å²) in [7, 11) is 1.56. The van der Waals surface area contributed by atoms with E-state index in [0.29, 0.717) is 29.2 Å². The van der Waals surface area contributed by atoms with Crippen LogP contribution in [0.4, 0.5) is 23.7 Å². The summed E-state index contributed by atoms with van der Waals surface area (Å²) in [5.41, 5.74) is 1.33. The van der Waals surface area contributed by atoms with Crippen molar-refractivity contribution in [1.29, 1.82) is 0 Å². The Bertz CT molecular complexity index is 1110. The Kier molecular flexibility index (Phi) is 7.54. The van der Waals surface area contributed by atoms with Crippen molar-refractivity contribution in [1.82, 2.24) is 15.2 Å². The lowest BCUT2D eigenvalue weighted by molar-refractivity contribution is -0.137. The van der Waals surface area contributed by atoms with Gasteiger partial charge >= 0.3 is 12.2 Å². The van der Waals surface area contributed by atoms with Crippen LogP contribution in [0.15, 0.2) is 36.5 Å². The number of nitrogens with one attached hydrogen (secondary N) is 2. The van der Waals surface area contributed by atoms with E-state index in [0.717, 1.165) is 23.8 Å². The number of nitrogens with zero attached hydrogens (tertiary/aromatic N) is 2. The highest BCUT2D eigenvalue weighted by atomic mass is 35.5. The van der Waals surface area contributed by atoms with Crippen LogP contribution in [0.3, 0.4) is 0 Å². The Balaban J connectivity index is 1.66. The maximum Gasteiger partial charge on any atom is 0.417 e. The molecule has 1 aromatic heterocycles. The fourth-order valence-electron chi connectivity index (χ4n) is 3.39. The molecular weight excluding hydrogens is 480 g/mol. The molecule has 11 heteroatoms. The molecule has 2 N–H and O–H groups in total. The van der Waals surface area contributed by atoms with E-state index in [2.05, 4.69) is 15.6 Å². The molecule has 3 amide bonds. The van der Waals surface area contributed by atoms with Crippen LogP contribution in [-0.4, -0.2) is 42.0 Å². The van der Waals surface area contributed by atoms with Gasteiger partial charge in [0.05, 0.1) is 27.2 Å². The number of hydrogen-bond donors (Lipinski definition) is 2. The van der Waals surface area contributed by atoms with Crippen LogP contribution in [0, 0.1) is 0 Å². The van der Waals surface area contributed by atoms with Crippen LogP contribution in [0.5, 0.6) is 0 Å². The first-order valence-electron chi connectivity index (χ1n) is 10.0. The maximum atomic E-state index is 12.8. The molecule has 0 bridgehead atoms. The molecule has 1 atom stereocenters. The number of halogens is 5. The molecule has 2 aromatic rings. The van der Waals surface area contributed by atoms with Gasteiger partial charge in [-0.05, 0) is 48.7 Å². The van der Waals surface area contributed by atoms with E-state index in [1.54, 1.807) is 26.2 Å². The Morgan fingerprint density at radius 2 is 1.91 bits per heavy atom. The molecule has 176 valence electrons. The van der Waals surface area contributed by atoms with E-state index in [-0.39, 0.29) is 18.1 Å². The zero-order valence-corrected chi connectivity index (χ0v) is 19.3. The van der Waals surface area contributed by atoms with Gasteiger partial charge in [0.2, 0.25) is 5.91 Å². The van der Waals surface area contributed by atoms with Crippen molar-refractivity contribution in [3.8, 4) is 0 Å². The molecule has 1 aromatic carbocycles. The van der Waals surface area contributed by atoms with Crippen LogP contribution >= 0.6 is 23.2 Å². The number of alkyl halides is 3. The van der Waals surface area contributed by atoms with Gasteiger partial charge in [-0.2, -0.15) is 13.2 Å². The number of hydrogen-bond acceptors (Lipinski definition) is 3. The second-order valence-electron chi connectivity index (χ2n) is 7.48. The molecule has 1 aliphatic rings. The minimum Gasteiger partial charge on any atom is -0.359 e. The number of carbonyl (C=O) groups is 2. The lowest BCUT2D eigenvalue weighted by atomic mass is 9.99. The Morgan fingerprint density at radius 3 is 2.45 bits per heavy atom. The zero-order chi connectivity index (χ0) is 24.3. The molecule has 1 aliphatic heterocycles. The molecule has 0 spiro atoms. The predicted octanol–water partition coefficient (Wildman–Crippen LogP) is 5.58. The van der Waals surface area contributed by atoms with E-state index in [9.17, 15) is 22.8 Å². The van der Waals surface area contributed by atoms with Gasteiger partial charge in [-0.1, -0.05) is 29.3 Å². The summed E-state index contributed by atoms with van der Waals surface area (Å²) < 4.78 is 38.5. The monoisotopic (exact) mass is 500 g/mol. The van der Waals surface area contributed by atoms with Crippen molar-refractivity contribution in [2.45, 2.75) is 25.4 Å². The number of urea groups is 1. The average molecular weight is 501 g/mol. The number of benzene rings is 1. The van der Waals surface area contributed by atoms with Gasteiger partial charge in [0.25, 0.3) is 0 Å². The first-order valence-corrected chi connectivity index (χ1v) is 10.8. The van der Waals surface area contributed by atoms with E-state index in [1.165, 1.54) is 4.90 Å². The van der Waals surface area contributed by atoms with Crippen LogP contribution < -0.4 is 10.6 Å². The van der Waals surface area contributed by atoms with Crippen LogP contribution in [0.25, 0.3) is 5.57 Å². The normalized spacial score (nSPS) is 15.0. The summed E-state index contributed by atoms with van der Waals surface area (Å²) in [5, 5.41) is 5.06. The molecule has 33 heavy (non-hydrogen) atoms. The second-order valence-corrected chi connectivity index (χ2v) is 8.30. The topological polar surface area (TPSA) is 74.3 Å². The van der Waals surface area contributed by atoms with Crippen molar-refractivity contribution < 1.29 is 22.8 Å². The van der Waals surface area contributed by atoms with Crippen molar-refractivity contribution in [2.75, 3.05) is 25.5 Å². The van der Waals surface area contributed by atoms with E-state index in [4.69, 9.17) is 23.2 Å². The van der Waals surface area contributed by atoms with Gasteiger partial charge in [-0.15, -0.1) is 0 Å². The van der Waals surface area contributed by atoms with Crippen molar-refractivity contribution >= 4 is 46.4 Å². The van der Waals surface area contributed by atoms with Crippen LogP contribution in [0.1, 0.15) is 36.1 Å². The first-order chi connectivity index (χ1) is 15.5. The third-order valence-corrected chi connectivity index (χ3v) is 5.93. The smallest absolute Gasteiger partial charge is 0.359 e. The molecule has 1 unspecified atom stereocenters. The van der Waals surface area contributed by atoms with Crippen molar-refractivity contribution in [3.05, 3.63) is 63.4 Å². The molecule has 0 fully saturated rings. The van der Waals surface area contributed by atoms with E-state index >= 15 is 0 Å². The number of carbonyl (C=O) groups excluding carboxylic acids is 2. The second kappa shape index (κ2) is 10.0. The standard InChI is InChI=1S/C22H21Cl2F3N4O2/c1-12(20(32)28-2)14-9-18(24)19(29-11-14)13-5-7-31(8-6-13)21(33)30-15-3-4-16(17(23)10-15)22(25,26)27/h3-5,9-12H,6-8H2,1-2H3,(H,28,32)(H,30,33). The lowest BCUT2D eigenvalue weighted by Gasteiger charge is -2.27. The highest BCUT2D eigenvalue weighted by Crippen LogP contribution is 2.36. The number of likely N-dealkylation sites (N-methyl/N-ethyl adjacent to an activating group) is 1. The SMILES string of the molecule is CNC(=O)C(C)c1cnc(C2=CCN(C(=O)Nc3ccc(C(F)(F)F)c(Cl)c3)CC2)c(Cl)c1. The first kappa shape index (κ1) is 24.9. The zero-order valence-electron chi connectivity index (χ0n) is 17.8. The summed E-state index contributed by atoms with van der Waals surface area (Å²) in [6.45, 7) is 2.39. The quantitative estimate of drug-likeness (QED) is 0.575. The summed E-state index contributed by atoms with van der Waals surface area (Å²) in [4.78, 5) is 30.3. The molecule has 3 rings (SSSR count). The number of aromatic nitrogens is 1. The highest BCUT2D eigenvalue weighted by molar-refractivity contribution is 6.32. The predicted molar refractivity (Wildman–Crippen MR) is 121 cm³/mol. The number of amides is 3. The molecule has 0 saturated carbocycles. The van der Waals surface area contributed by atoms with Gasteiger partial charge < -0.3 is 15.5 Å². The highest BCUT2D eigenvalue weighted by Gasteiger charge is 2.33. The lowest BCUT2D eigenvalue weighted by Crippen LogP contribution is -2.38. The van der Waals surface area contributed by atoms with Gasteiger partial charge in [0.1, 0.15) is 0 Å². The molecule has 0 radical (unpaired) electrons. The van der Waals surface area contributed by atoms with Crippen molar-refractivity contribution in [3.63, 3.8) is 0 Å². The van der Waals surface area contributed by atoms with Crippen LogP contribution in [0.2, 0.25) is 10.0 Å². The van der Waals surface area contributed by atoms with Crippen molar-refractivity contribution in [2.24, 2.45) is 0 Å². The third kappa shape index (κ3) is 5.78. The van der Waals surface area contributed by atoms with E-state index < -0.39 is 28.7 Å². The van der Waals surface area contributed by atoms with Gasteiger partial charge in [0.15, 0.2) is 0 Å². The Labute approximate surface area is 198 Å². The molecule has 2 heterocycles. The molecular formula is C22H21Cl2F3N4O2. The summed E-state index contributed by atoms with van der Waals surface area (Å²) >= 11 is 12.1. The van der Waals surface area contributed by atoms with Gasteiger partial charge in [-0.25, -0.2) is 4.79 Å². The number of rotatable bonds is 4. The van der Waals surface area contributed by atoms with E-state index in [1.807, 2.05) is 6.08 Å². The summed E-state index contributed by atoms with van der Waals surface area (Å²) in [6, 6.07) is 4.29. The molecule has 0 aliphatic carbocycles. The minimum absolute atomic E-state index is 0.145. The number of anilines is 1. The maximum absolute atomic E-state index is 12.8. The largest absolute Gasteiger partial charge is 0.417 e. The molecule has 0 saturated heterocycles. The van der Waals surface area contributed by atoms with Gasteiger partial charge in [0, 0.05) is 32.0 Å². The van der Waals surface area contributed by atoms with Crippen LogP contribution in [-0.2, 0) is 11.0 Å². The average Bonchev–Trinajstić information content (AvgIpc) is 2.77. The summed E-state index contributed by atoms with van der Waals surface area (Å²) in [5.74, 6) is -0.541. The summed E-state index contributed by atoms with van der Waals surface area (Å²) in [6.07, 6.45) is -0.659.